The normalized spacial score (nSPS) is 9.00. The molecule has 82 valence electrons. The van der Waals surface area contributed by atoms with E-state index in [1.54, 1.807) is 0 Å². The maximum atomic E-state index is 10.7. The summed E-state index contributed by atoms with van der Waals surface area (Å²) in [5.41, 5.74) is 11.1. The molecule has 0 fully saturated rings. The summed E-state index contributed by atoms with van der Waals surface area (Å²) in [6, 6.07) is 4.33. The minimum absolute atomic E-state index is 0.0282. The Hall–Kier alpha value is -2.48. The number of carboxylic acids is 1. The molecule has 0 aromatic heterocycles. The lowest BCUT2D eigenvalue weighted by molar-refractivity contribution is -0.117. The van der Waals surface area contributed by atoms with Gasteiger partial charge in [0.25, 0.3) is 0 Å². The number of carbonyl (C=O) groups excluding carboxylic acids is 1. The first-order valence-electron chi connectivity index (χ1n) is 4.40. The average Bonchev–Trinajstić information content (AvgIpc) is 2.16. The summed E-state index contributed by atoms with van der Waals surface area (Å²) in [7, 11) is 0. The standard InChI is InChI=1S/C11H10N2O3/c12-9-6-7(2-1-3-10(13)14)4-5-8(9)11(15)16/h4-6H,3,12H2,(H2,13,14)(H,15,16). The van der Waals surface area contributed by atoms with Crippen molar-refractivity contribution in [3.8, 4) is 11.8 Å². The van der Waals surface area contributed by atoms with Crippen molar-refractivity contribution in [1.29, 1.82) is 0 Å². The molecular formula is C11H10N2O3. The maximum Gasteiger partial charge on any atom is 0.337 e. The first-order valence-corrected chi connectivity index (χ1v) is 4.40. The van der Waals surface area contributed by atoms with Crippen LogP contribution in [0.25, 0.3) is 0 Å². The Labute approximate surface area is 92.1 Å². The van der Waals surface area contributed by atoms with Crippen LogP contribution in [0.1, 0.15) is 22.3 Å². The lowest BCUT2D eigenvalue weighted by Crippen LogP contribution is -2.08. The van der Waals surface area contributed by atoms with Crippen LogP contribution in [0.5, 0.6) is 0 Å². The SMILES string of the molecule is NC(=O)CC#Cc1ccc(C(=O)O)c(N)c1. The predicted molar refractivity (Wildman–Crippen MR) is 58.5 cm³/mol. The number of hydrogen-bond acceptors (Lipinski definition) is 3. The van der Waals surface area contributed by atoms with Crippen LogP contribution in [-0.4, -0.2) is 17.0 Å². The molecule has 5 N–H and O–H groups in total. The molecule has 0 saturated carbocycles. The minimum Gasteiger partial charge on any atom is -0.478 e. The van der Waals surface area contributed by atoms with Crippen LogP contribution >= 0.6 is 0 Å². The Morgan fingerprint density at radius 2 is 2.06 bits per heavy atom. The largest absolute Gasteiger partial charge is 0.478 e. The number of hydrogen-bond donors (Lipinski definition) is 3. The number of carboxylic acid groups (broad SMARTS) is 1. The number of carbonyl (C=O) groups is 2. The molecular weight excluding hydrogens is 208 g/mol. The van der Waals surface area contributed by atoms with Crippen molar-refractivity contribution in [2.45, 2.75) is 6.42 Å². The molecule has 0 heterocycles. The van der Waals surface area contributed by atoms with Crippen molar-refractivity contribution in [3.05, 3.63) is 29.3 Å². The van der Waals surface area contributed by atoms with Gasteiger partial charge in [0.15, 0.2) is 0 Å². The molecule has 1 aromatic carbocycles. The monoisotopic (exact) mass is 218 g/mol. The fourth-order valence-electron chi connectivity index (χ4n) is 1.07. The van der Waals surface area contributed by atoms with Crippen LogP contribution in [0, 0.1) is 11.8 Å². The zero-order valence-electron chi connectivity index (χ0n) is 8.36. The second-order valence-electron chi connectivity index (χ2n) is 3.05. The van der Waals surface area contributed by atoms with Crippen molar-refractivity contribution in [2.75, 3.05) is 5.73 Å². The van der Waals surface area contributed by atoms with E-state index >= 15 is 0 Å². The van der Waals surface area contributed by atoms with Crippen LogP contribution in [0.2, 0.25) is 0 Å². The number of rotatable bonds is 2. The topological polar surface area (TPSA) is 106 Å². The smallest absolute Gasteiger partial charge is 0.337 e. The highest BCUT2D eigenvalue weighted by atomic mass is 16.4. The molecule has 1 aromatic rings. The van der Waals surface area contributed by atoms with Gasteiger partial charge in [-0.15, -0.1) is 0 Å². The minimum atomic E-state index is -1.09. The summed E-state index contributed by atoms with van der Waals surface area (Å²) in [6.07, 6.45) is -0.0411. The Balaban J connectivity index is 2.92. The van der Waals surface area contributed by atoms with Crippen LogP contribution in [0.3, 0.4) is 0 Å². The summed E-state index contributed by atoms with van der Waals surface area (Å²) >= 11 is 0. The second-order valence-corrected chi connectivity index (χ2v) is 3.05. The molecule has 1 rings (SSSR count). The molecule has 5 nitrogen and oxygen atoms in total. The van der Waals surface area contributed by atoms with E-state index in [0.29, 0.717) is 5.56 Å². The van der Waals surface area contributed by atoms with Gasteiger partial charge in [0.05, 0.1) is 12.0 Å². The molecule has 0 unspecified atom stereocenters. The number of benzene rings is 1. The van der Waals surface area contributed by atoms with Crippen molar-refractivity contribution < 1.29 is 14.7 Å². The van der Waals surface area contributed by atoms with Crippen molar-refractivity contribution in [1.82, 2.24) is 0 Å². The van der Waals surface area contributed by atoms with Crippen molar-refractivity contribution >= 4 is 17.6 Å². The van der Waals surface area contributed by atoms with E-state index in [1.807, 2.05) is 0 Å². The zero-order chi connectivity index (χ0) is 12.1. The molecule has 1 amide bonds. The van der Waals surface area contributed by atoms with Gasteiger partial charge in [-0.05, 0) is 18.2 Å². The summed E-state index contributed by atoms with van der Waals surface area (Å²) in [6.45, 7) is 0. The lowest BCUT2D eigenvalue weighted by Gasteiger charge is -2.00. The van der Waals surface area contributed by atoms with Crippen LogP contribution in [0.15, 0.2) is 18.2 Å². The third kappa shape index (κ3) is 3.03. The first-order chi connectivity index (χ1) is 7.50. The van der Waals surface area contributed by atoms with Crippen LogP contribution in [-0.2, 0) is 4.79 Å². The van der Waals surface area contributed by atoms with Gasteiger partial charge < -0.3 is 16.6 Å². The van der Waals surface area contributed by atoms with Gasteiger partial charge in [-0.3, -0.25) is 4.79 Å². The van der Waals surface area contributed by atoms with E-state index in [9.17, 15) is 9.59 Å². The van der Waals surface area contributed by atoms with E-state index in [2.05, 4.69) is 11.8 Å². The quantitative estimate of drug-likeness (QED) is 0.486. The molecule has 0 aliphatic carbocycles. The molecule has 5 heteroatoms. The van der Waals surface area contributed by atoms with Gasteiger partial charge in [-0.2, -0.15) is 0 Å². The van der Waals surface area contributed by atoms with Gasteiger partial charge in [-0.1, -0.05) is 11.8 Å². The summed E-state index contributed by atoms with van der Waals surface area (Å²) < 4.78 is 0. The lowest BCUT2D eigenvalue weighted by atomic mass is 10.1. The van der Waals surface area contributed by atoms with E-state index < -0.39 is 11.9 Å². The van der Waals surface area contributed by atoms with Gasteiger partial charge in [-0.25, -0.2) is 4.79 Å². The van der Waals surface area contributed by atoms with Crippen molar-refractivity contribution in [2.24, 2.45) is 5.73 Å². The van der Waals surface area contributed by atoms with Gasteiger partial charge in [0.2, 0.25) is 5.91 Å². The summed E-state index contributed by atoms with van der Waals surface area (Å²) in [5.74, 6) is 3.61. The molecule has 16 heavy (non-hydrogen) atoms. The Morgan fingerprint density at radius 1 is 1.38 bits per heavy atom. The van der Waals surface area contributed by atoms with E-state index in [-0.39, 0.29) is 17.7 Å². The molecule has 0 aliphatic rings. The number of aromatic carboxylic acids is 1. The third-order valence-corrected chi connectivity index (χ3v) is 1.78. The first kappa shape index (κ1) is 11.6. The Morgan fingerprint density at radius 3 is 2.56 bits per heavy atom. The number of anilines is 1. The number of amides is 1. The number of nitrogen functional groups attached to an aromatic ring is 1. The van der Waals surface area contributed by atoms with E-state index in [1.165, 1.54) is 18.2 Å². The van der Waals surface area contributed by atoms with Gasteiger partial charge in [0.1, 0.15) is 0 Å². The Bertz CT molecular complexity index is 498. The van der Waals surface area contributed by atoms with Gasteiger partial charge >= 0.3 is 5.97 Å². The molecule has 0 spiro atoms. The molecule has 0 radical (unpaired) electrons. The van der Waals surface area contributed by atoms with Gasteiger partial charge in [0, 0.05) is 11.3 Å². The van der Waals surface area contributed by atoms with E-state index in [4.69, 9.17) is 16.6 Å². The highest BCUT2D eigenvalue weighted by Gasteiger charge is 2.06. The van der Waals surface area contributed by atoms with Crippen molar-refractivity contribution in [3.63, 3.8) is 0 Å². The summed E-state index contributed by atoms with van der Waals surface area (Å²) in [5, 5.41) is 8.73. The Kier molecular flexibility index (Phi) is 3.51. The highest BCUT2D eigenvalue weighted by molar-refractivity contribution is 5.93. The van der Waals surface area contributed by atoms with E-state index in [0.717, 1.165) is 0 Å². The molecule has 0 bridgehead atoms. The fraction of sp³-hybridized carbons (Fsp3) is 0.0909. The maximum absolute atomic E-state index is 10.7. The number of primary amides is 1. The fourth-order valence-corrected chi connectivity index (χ4v) is 1.07. The third-order valence-electron chi connectivity index (χ3n) is 1.78. The molecule has 0 saturated heterocycles. The average molecular weight is 218 g/mol. The highest BCUT2D eigenvalue weighted by Crippen LogP contribution is 2.13. The van der Waals surface area contributed by atoms with Crippen LogP contribution in [0.4, 0.5) is 5.69 Å². The number of nitrogens with two attached hydrogens (primary N) is 2. The predicted octanol–water partition coefficient (Wildman–Crippen LogP) is 0.194. The zero-order valence-corrected chi connectivity index (χ0v) is 8.36. The summed E-state index contributed by atoms with van der Waals surface area (Å²) in [4.78, 5) is 21.1. The van der Waals surface area contributed by atoms with Crippen LogP contribution < -0.4 is 11.5 Å². The molecule has 0 atom stereocenters. The molecule has 0 aliphatic heterocycles. The second kappa shape index (κ2) is 4.84.